The van der Waals surface area contributed by atoms with Crippen molar-refractivity contribution in [3.63, 3.8) is 0 Å². The van der Waals surface area contributed by atoms with E-state index in [1.54, 1.807) is 0 Å². The lowest BCUT2D eigenvalue weighted by molar-refractivity contribution is 0.603. The Labute approximate surface area is 123 Å². The summed E-state index contributed by atoms with van der Waals surface area (Å²) in [5.41, 5.74) is 1.17. The van der Waals surface area contributed by atoms with Crippen LogP contribution in [0.25, 0.3) is 0 Å². The third-order valence-corrected chi connectivity index (χ3v) is 4.94. The molecule has 1 heterocycles. The van der Waals surface area contributed by atoms with Gasteiger partial charge in [-0.3, -0.25) is 0 Å². The summed E-state index contributed by atoms with van der Waals surface area (Å²) in [7, 11) is -2.94. The Kier molecular flexibility index (Phi) is 4.82. The molecule has 2 aromatic rings. The molecule has 2 rings (SSSR count). The van der Waals surface area contributed by atoms with Gasteiger partial charge in [0.15, 0.2) is 5.16 Å². The van der Waals surface area contributed by atoms with E-state index in [1.807, 2.05) is 41.8 Å². The van der Waals surface area contributed by atoms with Gasteiger partial charge in [0.2, 0.25) is 0 Å². The van der Waals surface area contributed by atoms with Crippen molar-refractivity contribution in [1.29, 1.82) is 0 Å². The van der Waals surface area contributed by atoms with Crippen LogP contribution in [0.2, 0.25) is 0 Å². The largest absolute Gasteiger partial charge is 0.302 e. The maximum Gasteiger partial charge on any atom is 0.191 e. The van der Waals surface area contributed by atoms with Gasteiger partial charge in [-0.15, -0.1) is 10.2 Å². The minimum Gasteiger partial charge on any atom is -0.302 e. The molecule has 1 aromatic heterocycles. The first-order valence-electron chi connectivity index (χ1n) is 6.20. The van der Waals surface area contributed by atoms with Crippen molar-refractivity contribution in [2.24, 2.45) is 0 Å². The number of rotatable bonds is 6. The number of aryl methyl sites for hydroxylation is 1. The van der Waals surface area contributed by atoms with E-state index in [4.69, 9.17) is 0 Å². The minimum atomic E-state index is -2.94. The Morgan fingerprint density at radius 3 is 2.55 bits per heavy atom. The number of thioether (sulfide) groups is 1. The van der Waals surface area contributed by atoms with E-state index in [2.05, 4.69) is 10.2 Å². The van der Waals surface area contributed by atoms with Crippen molar-refractivity contribution >= 4 is 21.6 Å². The van der Waals surface area contributed by atoms with Crippen LogP contribution >= 0.6 is 11.8 Å². The third kappa shape index (κ3) is 4.35. The molecule has 0 aliphatic carbocycles. The standard InChI is InChI=1S/C13H17N3O2S2/c1-11-14-15-13(19-8-9-20(2,17)18)16(11)10-12-6-4-3-5-7-12/h3-7H,8-10H2,1-2H3. The van der Waals surface area contributed by atoms with Gasteiger partial charge in [-0.2, -0.15) is 0 Å². The van der Waals surface area contributed by atoms with Crippen LogP contribution in [-0.2, 0) is 16.4 Å². The predicted octanol–water partition coefficient (Wildman–Crippen LogP) is 1.77. The highest BCUT2D eigenvalue weighted by molar-refractivity contribution is 8.00. The molecule has 0 aliphatic heterocycles. The first-order chi connectivity index (χ1) is 9.46. The summed E-state index contributed by atoms with van der Waals surface area (Å²) in [5, 5.41) is 8.94. The van der Waals surface area contributed by atoms with E-state index >= 15 is 0 Å². The molecule has 0 saturated carbocycles. The Morgan fingerprint density at radius 1 is 1.20 bits per heavy atom. The van der Waals surface area contributed by atoms with E-state index in [0.29, 0.717) is 12.3 Å². The Bertz CT molecular complexity index is 666. The number of benzene rings is 1. The number of hydrogen-bond acceptors (Lipinski definition) is 5. The monoisotopic (exact) mass is 311 g/mol. The van der Waals surface area contributed by atoms with Crippen LogP contribution in [-0.4, -0.2) is 40.9 Å². The molecule has 5 nitrogen and oxygen atoms in total. The van der Waals surface area contributed by atoms with Gasteiger partial charge in [0.25, 0.3) is 0 Å². The molecule has 0 bridgehead atoms. The molecule has 1 aromatic carbocycles. The van der Waals surface area contributed by atoms with Crippen LogP contribution in [0.5, 0.6) is 0 Å². The smallest absolute Gasteiger partial charge is 0.191 e. The quantitative estimate of drug-likeness (QED) is 0.761. The number of sulfone groups is 1. The molecule has 0 amide bonds. The first-order valence-corrected chi connectivity index (χ1v) is 9.24. The zero-order chi connectivity index (χ0) is 14.6. The molecular formula is C13H17N3O2S2. The zero-order valence-corrected chi connectivity index (χ0v) is 13.1. The number of hydrogen-bond donors (Lipinski definition) is 0. The van der Waals surface area contributed by atoms with E-state index in [-0.39, 0.29) is 5.75 Å². The van der Waals surface area contributed by atoms with Crippen LogP contribution in [0.3, 0.4) is 0 Å². The van der Waals surface area contributed by atoms with Crippen molar-refractivity contribution in [3.05, 3.63) is 41.7 Å². The second-order valence-corrected chi connectivity index (χ2v) is 7.90. The first kappa shape index (κ1) is 15.1. The fraction of sp³-hybridized carbons (Fsp3) is 0.385. The van der Waals surface area contributed by atoms with Crippen LogP contribution in [0, 0.1) is 6.92 Å². The summed E-state index contributed by atoms with van der Waals surface area (Å²) in [6, 6.07) is 10.1. The topological polar surface area (TPSA) is 64.8 Å². The summed E-state index contributed by atoms with van der Waals surface area (Å²) in [6.07, 6.45) is 1.24. The fourth-order valence-electron chi connectivity index (χ4n) is 1.70. The van der Waals surface area contributed by atoms with Gasteiger partial charge in [0.1, 0.15) is 15.7 Å². The molecular weight excluding hydrogens is 294 g/mol. The summed E-state index contributed by atoms with van der Waals surface area (Å²) in [6.45, 7) is 2.59. The lowest BCUT2D eigenvalue weighted by Crippen LogP contribution is -2.07. The number of nitrogens with zero attached hydrogens (tertiary/aromatic N) is 3. The second-order valence-electron chi connectivity index (χ2n) is 4.58. The normalized spacial score (nSPS) is 11.7. The predicted molar refractivity (Wildman–Crippen MR) is 80.7 cm³/mol. The maximum atomic E-state index is 11.1. The summed E-state index contributed by atoms with van der Waals surface area (Å²) >= 11 is 1.42. The van der Waals surface area contributed by atoms with Crippen LogP contribution < -0.4 is 0 Å². The van der Waals surface area contributed by atoms with E-state index in [0.717, 1.165) is 11.0 Å². The summed E-state index contributed by atoms with van der Waals surface area (Å²) in [4.78, 5) is 0. The van der Waals surface area contributed by atoms with Gasteiger partial charge in [-0.25, -0.2) is 8.42 Å². The van der Waals surface area contributed by atoms with Crippen LogP contribution in [0.1, 0.15) is 11.4 Å². The third-order valence-electron chi connectivity index (χ3n) is 2.77. The van der Waals surface area contributed by atoms with Gasteiger partial charge in [-0.1, -0.05) is 42.1 Å². The lowest BCUT2D eigenvalue weighted by Gasteiger charge is -2.08. The van der Waals surface area contributed by atoms with Gasteiger partial charge in [-0.05, 0) is 12.5 Å². The SMILES string of the molecule is Cc1nnc(SCCS(C)(=O)=O)n1Cc1ccccc1. The van der Waals surface area contributed by atoms with Gasteiger partial charge in [0, 0.05) is 12.0 Å². The van der Waals surface area contributed by atoms with Gasteiger partial charge >= 0.3 is 0 Å². The molecule has 0 unspecified atom stereocenters. The van der Waals surface area contributed by atoms with E-state index in [9.17, 15) is 8.42 Å². The van der Waals surface area contributed by atoms with Crippen LogP contribution in [0.15, 0.2) is 35.5 Å². The Balaban J connectivity index is 2.08. The highest BCUT2D eigenvalue weighted by atomic mass is 32.2. The molecule has 7 heteroatoms. The average molecular weight is 311 g/mol. The van der Waals surface area contributed by atoms with Gasteiger partial charge < -0.3 is 4.57 Å². The minimum absolute atomic E-state index is 0.148. The zero-order valence-electron chi connectivity index (χ0n) is 11.5. The summed E-state index contributed by atoms with van der Waals surface area (Å²) in [5.74, 6) is 1.47. The Morgan fingerprint density at radius 2 is 1.90 bits per heavy atom. The molecule has 0 atom stereocenters. The van der Waals surface area contributed by atoms with Crippen molar-refractivity contribution < 1.29 is 8.42 Å². The van der Waals surface area contributed by atoms with Gasteiger partial charge in [0.05, 0.1) is 12.3 Å². The molecule has 0 aliphatic rings. The van der Waals surface area contributed by atoms with Crippen LogP contribution in [0.4, 0.5) is 0 Å². The van der Waals surface area contributed by atoms with Crippen molar-refractivity contribution in [2.45, 2.75) is 18.6 Å². The molecule has 0 fully saturated rings. The fourth-order valence-corrected chi connectivity index (χ4v) is 3.88. The summed E-state index contributed by atoms with van der Waals surface area (Å²) < 4.78 is 24.3. The van der Waals surface area contributed by atoms with E-state index in [1.165, 1.54) is 23.6 Å². The molecule has 20 heavy (non-hydrogen) atoms. The highest BCUT2D eigenvalue weighted by Gasteiger charge is 2.11. The molecule has 0 radical (unpaired) electrons. The highest BCUT2D eigenvalue weighted by Crippen LogP contribution is 2.18. The van der Waals surface area contributed by atoms with Crippen molar-refractivity contribution in [1.82, 2.24) is 14.8 Å². The lowest BCUT2D eigenvalue weighted by atomic mass is 10.2. The second kappa shape index (κ2) is 6.41. The molecule has 0 N–H and O–H groups in total. The number of aromatic nitrogens is 3. The van der Waals surface area contributed by atoms with E-state index < -0.39 is 9.84 Å². The molecule has 108 valence electrons. The molecule has 0 saturated heterocycles. The molecule has 0 spiro atoms. The average Bonchev–Trinajstić information content (AvgIpc) is 2.71. The van der Waals surface area contributed by atoms with Crippen molar-refractivity contribution in [3.8, 4) is 0 Å². The van der Waals surface area contributed by atoms with Crippen molar-refractivity contribution in [2.75, 3.05) is 17.8 Å². The Hall–Kier alpha value is -1.34. The maximum absolute atomic E-state index is 11.1.